The van der Waals surface area contributed by atoms with E-state index in [4.69, 9.17) is 16.3 Å². The summed E-state index contributed by atoms with van der Waals surface area (Å²) in [7, 11) is 1.47. The van der Waals surface area contributed by atoms with Gasteiger partial charge in [0, 0.05) is 12.1 Å². The second-order valence-electron chi connectivity index (χ2n) is 4.24. The van der Waals surface area contributed by atoms with Crippen LogP contribution in [0.25, 0.3) is 0 Å². The van der Waals surface area contributed by atoms with E-state index in [1.165, 1.54) is 31.5 Å². The molecule has 0 fully saturated rings. The lowest BCUT2D eigenvalue weighted by atomic mass is 10.1. The van der Waals surface area contributed by atoms with Crippen LogP contribution in [0, 0.1) is 5.82 Å². The largest absolute Gasteiger partial charge is 0.493 e. The number of benzene rings is 1. The molecule has 0 spiro atoms. The fourth-order valence-corrected chi connectivity index (χ4v) is 2.08. The molecule has 0 radical (unpaired) electrons. The fourth-order valence-electron chi connectivity index (χ4n) is 1.90. The third kappa shape index (κ3) is 2.67. The Morgan fingerprint density at radius 3 is 2.85 bits per heavy atom. The second-order valence-corrected chi connectivity index (χ2v) is 4.65. The van der Waals surface area contributed by atoms with Crippen molar-refractivity contribution in [1.29, 1.82) is 0 Å². The fraction of sp³-hybridized carbons (Fsp3) is 0.286. The minimum absolute atomic E-state index is 0.0867. The Bertz CT molecular complexity index is 640. The molecule has 1 aromatic carbocycles. The van der Waals surface area contributed by atoms with Crippen LogP contribution in [-0.2, 0) is 6.54 Å². The SMILES string of the molecule is CCCn1ncc(OC)c1C(=O)c1ccc(F)c(Cl)c1. The smallest absolute Gasteiger partial charge is 0.214 e. The molecule has 0 aliphatic heterocycles. The Kier molecular flexibility index (Phi) is 4.39. The number of carbonyl (C=O) groups is 1. The molecule has 2 rings (SSSR count). The number of hydrogen-bond donors (Lipinski definition) is 0. The summed E-state index contributed by atoms with van der Waals surface area (Å²) in [4.78, 5) is 12.5. The van der Waals surface area contributed by atoms with Crippen molar-refractivity contribution < 1.29 is 13.9 Å². The summed E-state index contributed by atoms with van der Waals surface area (Å²) >= 11 is 5.71. The van der Waals surface area contributed by atoms with Gasteiger partial charge in [-0.25, -0.2) is 4.39 Å². The molecule has 0 aliphatic carbocycles. The number of aryl methyl sites for hydroxylation is 1. The number of ether oxygens (including phenoxy) is 1. The van der Waals surface area contributed by atoms with Crippen LogP contribution < -0.4 is 4.74 Å². The minimum atomic E-state index is -0.558. The third-order valence-corrected chi connectivity index (χ3v) is 3.15. The summed E-state index contributed by atoms with van der Waals surface area (Å²) in [6.45, 7) is 2.58. The molecule has 2 aromatic rings. The quantitative estimate of drug-likeness (QED) is 0.795. The van der Waals surface area contributed by atoms with Crippen molar-refractivity contribution in [3.63, 3.8) is 0 Å². The van der Waals surface area contributed by atoms with Gasteiger partial charge in [0.2, 0.25) is 5.78 Å². The number of ketones is 1. The zero-order valence-electron chi connectivity index (χ0n) is 11.2. The van der Waals surface area contributed by atoms with Gasteiger partial charge in [0.05, 0.1) is 18.3 Å². The van der Waals surface area contributed by atoms with Crippen LogP contribution in [0.1, 0.15) is 29.4 Å². The molecule has 4 nitrogen and oxygen atoms in total. The van der Waals surface area contributed by atoms with Gasteiger partial charge in [-0.2, -0.15) is 5.10 Å². The van der Waals surface area contributed by atoms with Crippen LogP contribution in [0.4, 0.5) is 4.39 Å². The van der Waals surface area contributed by atoms with E-state index in [1.54, 1.807) is 4.68 Å². The van der Waals surface area contributed by atoms with Gasteiger partial charge in [0.25, 0.3) is 0 Å². The van der Waals surface area contributed by atoms with Crippen LogP contribution in [0.5, 0.6) is 5.75 Å². The summed E-state index contributed by atoms with van der Waals surface area (Å²) in [5, 5.41) is 4.04. The van der Waals surface area contributed by atoms with Gasteiger partial charge in [0.15, 0.2) is 11.4 Å². The topological polar surface area (TPSA) is 44.1 Å². The monoisotopic (exact) mass is 296 g/mol. The third-order valence-electron chi connectivity index (χ3n) is 2.86. The highest BCUT2D eigenvalue weighted by atomic mass is 35.5. The van der Waals surface area contributed by atoms with Gasteiger partial charge >= 0.3 is 0 Å². The van der Waals surface area contributed by atoms with E-state index in [1.807, 2.05) is 6.92 Å². The van der Waals surface area contributed by atoms with Gasteiger partial charge in [-0.15, -0.1) is 0 Å². The normalized spacial score (nSPS) is 10.6. The maximum Gasteiger partial charge on any atom is 0.214 e. The van der Waals surface area contributed by atoms with E-state index in [2.05, 4.69) is 5.10 Å². The van der Waals surface area contributed by atoms with Gasteiger partial charge in [-0.05, 0) is 24.6 Å². The number of carbonyl (C=O) groups excluding carboxylic acids is 1. The molecule has 1 aromatic heterocycles. The summed E-state index contributed by atoms with van der Waals surface area (Å²) in [5.74, 6) is -0.462. The lowest BCUT2D eigenvalue weighted by Crippen LogP contribution is -2.12. The first-order valence-electron chi connectivity index (χ1n) is 6.18. The lowest BCUT2D eigenvalue weighted by molar-refractivity contribution is 0.102. The summed E-state index contributed by atoms with van der Waals surface area (Å²) in [6.07, 6.45) is 2.32. The molecule has 106 valence electrons. The Balaban J connectivity index is 2.46. The highest BCUT2D eigenvalue weighted by molar-refractivity contribution is 6.31. The van der Waals surface area contributed by atoms with E-state index in [0.717, 1.165) is 6.42 Å². The van der Waals surface area contributed by atoms with Crippen LogP contribution in [0.3, 0.4) is 0 Å². The Labute approximate surface area is 121 Å². The predicted molar refractivity (Wildman–Crippen MR) is 73.9 cm³/mol. The lowest BCUT2D eigenvalue weighted by Gasteiger charge is -2.08. The highest BCUT2D eigenvalue weighted by Gasteiger charge is 2.21. The molecule has 6 heteroatoms. The van der Waals surface area contributed by atoms with Crippen LogP contribution >= 0.6 is 11.6 Å². The van der Waals surface area contributed by atoms with Crippen molar-refractivity contribution in [2.24, 2.45) is 0 Å². The van der Waals surface area contributed by atoms with Crippen molar-refractivity contribution in [1.82, 2.24) is 9.78 Å². The maximum atomic E-state index is 13.2. The maximum absolute atomic E-state index is 13.2. The Morgan fingerprint density at radius 1 is 1.50 bits per heavy atom. The van der Waals surface area contributed by atoms with Gasteiger partial charge in [0.1, 0.15) is 5.82 Å². The van der Waals surface area contributed by atoms with E-state index in [0.29, 0.717) is 23.6 Å². The predicted octanol–water partition coefficient (Wildman–Crippen LogP) is 3.33. The molecular weight excluding hydrogens is 283 g/mol. The van der Waals surface area contributed by atoms with Crippen LogP contribution in [-0.4, -0.2) is 22.7 Å². The zero-order valence-corrected chi connectivity index (χ0v) is 11.9. The molecule has 0 aliphatic rings. The van der Waals surface area contributed by atoms with Gasteiger partial charge in [-0.1, -0.05) is 18.5 Å². The molecule has 0 atom stereocenters. The average molecular weight is 297 g/mol. The molecule has 0 bridgehead atoms. The first-order valence-corrected chi connectivity index (χ1v) is 6.55. The molecule has 0 saturated carbocycles. The second kappa shape index (κ2) is 6.05. The van der Waals surface area contributed by atoms with E-state index >= 15 is 0 Å². The minimum Gasteiger partial charge on any atom is -0.493 e. The summed E-state index contributed by atoms with van der Waals surface area (Å²) in [6, 6.07) is 3.87. The van der Waals surface area contributed by atoms with E-state index < -0.39 is 5.82 Å². The van der Waals surface area contributed by atoms with Crippen molar-refractivity contribution >= 4 is 17.4 Å². The molecule has 0 N–H and O–H groups in total. The summed E-state index contributed by atoms with van der Waals surface area (Å²) < 4.78 is 19.9. The number of aromatic nitrogens is 2. The molecular formula is C14H14ClFN2O2. The van der Waals surface area contributed by atoms with Crippen molar-refractivity contribution in [3.05, 3.63) is 46.5 Å². The van der Waals surface area contributed by atoms with Crippen LogP contribution in [0.2, 0.25) is 5.02 Å². The number of hydrogen-bond acceptors (Lipinski definition) is 3. The molecule has 20 heavy (non-hydrogen) atoms. The van der Waals surface area contributed by atoms with Crippen molar-refractivity contribution in [3.8, 4) is 5.75 Å². The standard InChI is InChI=1S/C14H14ClFN2O2/c1-3-6-18-13(12(20-2)8-17-18)14(19)9-4-5-11(16)10(15)7-9/h4-5,7-8H,3,6H2,1-2H3. The summed E-state index contributed by atoms with van der Waals surface area (Å²) in [5.41, 5.74) is 0.643. The van der Waals surface area contributed by atoms with Crippen molar-refractivity contribution in [2.45, 2.75) is 19.9 Å². The zero-order chi connectivity index (χ0) is 14.7. The Hall–Kier alpha value is -1.88. The van der Waals surface area contributed by atoms with E-state index in [9.17, 15) is 9.18 Å². The highest BCUT2D eigenvalue weighted by Crippen LogP contribution is 2.24. The first kappa shape index (κ1) is 14.5. The first-order chi connectivity index (χ1) is 9.58. The average Bonchev–Trinajstić information content (AvgIpc) is 2.84. The van der Waals surface area contributed by atoms with Gasteiger partial charge in [-0.3, -0.25) is 9.48 Å². The Morgan fingerprint density at radius 2 is 2.25 bits per heavy atom. The van der Waals surface area contributed by atoms with E-state index in [-0.39, 0.29) is 10.8 Å². The molecule has 1 heterocycles. The number of halogens is 2. The molecule has 0 saturated heterocycles. The number of rotatable bonds is 5. The molecule has 0 amide bonds. The number of nitrogens with zero attached hydrogens (tertiary/aromatic N) is 2. The van der Waals surface area contributed by atoms with Crippen molar-refractivity contribution in [2.75, 3.05) is 7.11 Å². The molecule has 0 unspecified atom stereocenters. The van der Waals surface area contributed by atoms with Gasteiger partial charge < -0.3 is 4.74 Å². The number of methoxy groups -OCH3 is 1. The van der Waals surface area contributed by atoms with Crippen LogP contribution in [0.15, 0.2) is 24.4 Å².